The van der Waals surface area contributed by atoms with Crippen molar-refractivity contribution in [3.63, 3.8) is 0 Å². The molecular formula is C27H24F3NO6S. The number of aromatic nitrogens is 1. The van der Waals surface area contributed by atoms with Gasteiger partial charge in [0.1, 0.15) is 17.2 Å². The fourth-order valence-electron chi connectivity index (χ4n) is 3.87. The van der Waals surface area contributed by atoms with Crippen molar-refractivity contribution in [2.45, 2.75) is 43.9 Å². The fourth-order valence-corrected chi connectivity index (χ4v) is 5.26. The SMILES string of the molecule is CC(C)Oc1ccc2c(CCC(=O)O)cn(S(=O)(=O)c3ccc(Oc4ccc(C(F)(F)F)cc4)cc3)c2c1. The highest BCUT2D eigenvalue weighted by molar-refractivity contribution is 7.90. The summed E-state index contributed by atoms with van der Waals surface area (Å²) >= 11 is 0. The molecule has 0 saturated heterocycles. The number of alkyl halides is 3. The van der Waals surface area contributed by atoms with Gasteiger partial charge in [0.25, 0.3) is 10.0 Å². The number of aliphatic carboxylic acids is 1. The highest BCUT2D eigenvalue weighted by Crippen LogP contribution is 2.33. The second kappa shape index (κ2) is 10.4. The second-order valence-corrected chi connectivity index (χ2v) is 10.6. The molecule has 38 heavy (non-hydrogen) atoms. The number of carboxylic acid groups (broad SMARTS) is 1. The predicted octanol–water partition coefficient (Wildman–Crippen LogP) is 6.49. The van der Waals surface area contributed by atoms with Crippen molar-refractivity contribution in [2.24, 2.45) is 0 Å². The molecule has 11 heteroatoms. The van der Waals surface area contributed by atoms with Crippen LogP contribution in [0.5, 0.6) is 17.2 Å². The van der Waals surface area contributed by atoms with Crippen molar-refractivity contribution < 1.29 is 41.0 Å². The first-order chi connectivity index (χ1) is 17.8. The lowest BCUT2D eigenvalue weighted by atomic mass is 10.1. The molecule has 200 valence electrons. The number of aryl methyl sites for hydroxylation is 1. The van der Waals surface area contributed by atoms with Crippen molar-refractivity contribution in [3.05, 3.63) is 84.1 Å². The number of fused-ring (bicyclic) bond motifs is 1. The van der Waals surface area contributed by atoms with Crippen molar-refractivity contribution in [3.8, 4) is 17.2 Å². The topological polar surface area (TPSA) is 94.8 Å². The molecule has 3 aromatic carbocycles. The van der Waals surface area contributed by atoms with Crippen LogP contribution in [0.2, 0.25) is 0 Å². The highest BCUT2D eigenvalue weighted by atomic mass is 32.2. The van der Waals surface area contributed by atoms with Crippen LogP contribution in [0.3, 0.4) is 0 Å². The minimum atomic E-state index is -4.47. The van der Waals surface area contributed by atoms with E-state index in [1.165, 1.54) is 42.6 Å². The van der Waals surface area contributed by atoms with E-state index in [0.29, 0.717) is 22.2 Å². The molecule has 0 radical (unpaired) electrons. The molecule has 0 aliphatic heterocycles. The molecule has 1 heterocycles. The van der Waals surface area contributed by atoms with E-state index >= 15 is 0 Å². The van der Waals surface area contributed by atoms with Crippen LogP contribution in [0.25, 0.3) is 10.9 Å². The molecule has 0 atom stereocenters. The van der Waals surface area contributed by atoms with E-state index in [4.69, 9.17) is 14.6 Å². The Balaban J connectivity index is 1.66. The van der Waals surface area contributed by atoms with E-state index in [-0.39, 0.29) is 35.3 Å². The number of hydrogen-bond acceptors (Lipinski definition) is 5. The van der Waals surface area contributed by atoms with E-state index < -0.39 is 27.7 Å². The maximum Gasteiger partial charge on any atom is 0.416 e. The van der Waals surface area contributed by atoms with Gasteiger partial charge in [-0.1, -0.05) is 0 Å². The molecule has 1 N–H and O–H groups in total. The zero-order valence-electron chi connectivity index (χ0n) is 20.4. The number of rotatable bonds is 9. The van der Waals surface area contributed by atoms with Crippen molar-refractivity contribution >= 4 is 26.9 Å². The predicted molar refractivity (Wildman–Crippen MR) is 134 cm³/mol. The Morgan fingerprint density at radius 3 is 2.08 bits per heavy atom. The monoisotopic (exact) mass is 547 g/mol. The van der Waals surface area contributed by atoms with E-state index in [9.17, 15) is 26.4 Å². The zero-order chi connectivity index (χ0) is 27.7. The normalized spacial score (nSPS) is 12.2. The molecule has 4 aromatic rings. The summed E-state index contributed by atoms with van der Waals surface area (Å²) in [6.45, 7) is 3.68. The van der Waals surface area contributed by atoms with Crippen LogP contribution in [0, 0.1) is 0 Å². The first-order valence-electron chi connectivity index (χ1n) is 11.6. The lowest BCUT2D eigenvalue weighted by Gasteiger charge is -2.12. The van der Waals surface area contributed by atoms with Crippen molar-refractivity contribution in [1.29, 1.82) is 0 Å². The summed E-state index contributed by atoms with van der Waals surface area (Å²) in [5.74, 6) is -0.147. The summed E-state index contributed by atoms with van der Waals surface area (Å²) in [6.07, 6.45) is -3.23. The first kappa shape index (κ1) is 27.1. The van der Waals surface area contributed by atoms with Gasteiger partial charge in [-0.05, 0) is 86.5 Å². The maximum atomic E-state index is 13.6. The maximum absolute atomic E-state index is 13.6. The van der Waals surface area contributed by atoms with Crippen LogP contribution in [0.15, 0.2) is 77.8 Å². The number of hydrogen-bond donors (Lipinski definition) is 1. The highest BCUT2D eigenvalue weighted by Gasteiger charge is 2.30. The molecule has 0 unspecified atom stereocenters. The Bertz CT molecular complexity index is 1560. The van der Waals surface area contributed by atoms with E-state index in [0.717, 1.165) is 16.1 Å². The summed E-state index contributed by atoms with van der Waals surface area (Å²) in [5, 5.41) is 9.70. The summed E-state index contributed by atoms with van der Waals surface area (Å²) in [4.78, 5) is 11.1. The molecule has 1 aromatic heterocycles. The van der Waals surface area contributed by atoms with Gasteiger partial charge in [-0.3, -0.25) is 4.79 Å². The van der Waals surface area contributed by atoms with Crippen LogP contribution < -0.4 is 9.47 Å². The average molecular weight is 548 g/mol. The molecule has 0 fully saturated rings. The number of carbonyl (C=O) groups is 1. The molecule has 0 amide bonds. The van der Waals surface area contributed by atoms with Crippen LogP contribution >= 0.6 is 0 Å². The third kappa shape index (κ3) is 5.94. The molecule has 0 aliphatic rings. The molecule has 4 rings (SSSR count). The van der Waals surface area contributed by atoms with E-state index in [1.54, 1.807) is 18.2 Å². The average Bonchev–Trinajstić information content (AvgIpc) is 3.21. The van der Waals surface area contributed by atoms with Gasteiger partial charge in [-0.25, -0.2) is 12.4 Å². The summed E-state index contributed by atoms with van der Waals surface area (Å²) in [7, 11) is -4.11. The number of ether oxygens (including phenoxy) is 2. The number of nitrogens with zero attached hydrogens (tertiary/aromatic N) is 1. The summed E-state index contributed by atoms with van der Waals surface area (Å²) in [6, 6.07) is 14.6. The Morgan fingerprint density at radius 1 is 0.947 bits per heavy atom. The Kier molecular flexibility index (Phi) is 7.41. The second-order valence-electron chi connectivity index (χ2n) is 8.79. The summed E-state index contributed by atoms with van der Waals surface area (Å²) in [5.41, 5.74) is 0.0906. The van der Waals surface area contributed by atoms with Crippen LogP contribution in [0.1, 0.15) is 31.4 Å². The number of carboxylic acids is 1. The standard InChI is InChI=1S/C27H24F3NO6S/c1-17(2)36-22-10-13-24-18(3-14-26(32)33)16-31(25(24)15-22)38(34,35)23-11-8-21(9-12-23)37-20-6-4-19(5-7-20)27(28,29)30/h4-13,15-17H,3,14H2,1-2H3,(H,32,33). The molecule has 0 spiro atoms. The molecule has 0 aliphatic carbocycles. The van der Waals surface area contributed by atoms with Gasteiger partial charge >= 0.3 is 12.1 Å². The third-order valence-electron chi connectivity index (χ3n) is 5.60. The van der Waals surface area contributed by atoms with Gasteiger partial charge in [0, 0.05) is 24.1 Å². The Hall–Kier alpha value is -3.99. The van der Waals surface area contributed by atoms with Crippen LogP contribution in [0.4, 0.5) is 13.2 Å². The zero-order valence-corrected chi connectivity index (χ0v) is 21.2. The summed E-state index contributed by atoms with van der Waals surface area (Å²) < 4.78 is 77.9. The van der Waals surface area contributed by atoms with Gasteiger partial charge in [0.05, 0.1) is 22.1 Å². The molecule has 0 saturated carbocycles. The van der Waals surface area contributed by atoms with E-state index in [2.05, 4.69) is 0 Å². The van der Waals surface area contributed by atoms with Crippen LogP contribution in [-0.2, 0) is 27.4 Å². The van der Waals surface area contributed by atoms with Crippen LogP contribution in [-0.4, -0.2) is 29.6 Å². The lowest BCUT2D eigenvalue weighted by molar-refractivity contribution is -0.138. The number of halogens is 3. The largest absolute Gasteiger partial charge is 0.491 e. The molecule has 7 nitrogen and oxygen atoms in total. The van der Waals surface area contributed by atoms with Crippen molar-refractivity contribution in [1.82, 2.24) is 3.97 Å². The lowest BCUT2D eigenvalue weighted by Crippen LogP contribution is -2.12. The van der Waals surface area contributed by atoms with Crippen molar-refractivity contribution in [2.75, 3.05) is 0 Å². The third-order valence-corrected chi connectivity index (χ3v) is 7.29. The van der Waals surface area contributed by atoms with Gasteiger partial charge in [-0.15, -0.1) is 0 Å². The van der Waals surface area contributed by atoms with Gasteiger partial charge < -0.3 is 14.6 Å². The minimum Gasteiger partial charge on any atom is -0.491 e. The van der Waals surface area contributed by atoms with Gasteiger partial charge in [0.15, 0.2) is 0 Å². The molecular weight excluding hydrogens is 523 g/mol. The first-order valence-corrected chi connectivity index (χ1v) is 13.0. The van der Waals surface area contributed by atoms with Gasteiger partial charge in [0.2, 0.25) is 0 Å². The smallest absolute Gasteiger partial charge is 0.416 e. The van der Waals surface area contributed by atoms with Gasteiger partial charge in [-0.2, -0.15) is 13.2 Å². The van der Waals surface area contributed by atoms with E-state index in [1.807, 2.05) is 13.8 Å². The minimum absolute atomic E-state index is 0.0610. The number of benzene rings is 3. The Morgan fingerprint density at radius 2 is 1.53 bits per heavy atom. The quantitative estimate of drug-likeness (QED) is 0.257. The Labute approximate surface area is 217 Å². The fraction of sp³-hybridized carbons (Fsp3) is 0.222. The molecule has 0 bridgehead atoms.